The van der Waals surface area contributed by atoms with Crippen LogP contribution in [-0.2, 0) is 18.2 Å². The molecule has 0 N–H and O–H groups in total. The average molecular weight is 503 g/mol. The van der Waals surface area contributed by atoms with Crippen LogP contribution in [0.4, 0.5) is 0 Å². The van der Waals surface area contributed by atoms with Gasteiger partial charge in [0.2, 0.25) is 0 Å². The molecule has 0 fully saturated rings. The van der Waals surface area contributed by atoms with Gasteiger partial charge in [-0.15, -0.1) is 24.8 Å². The van der Waals surface area contributed by atoms with Crippen molar-refractivity contribution in [2.75, 3.05) is 0 Å². The van der Waals surface area contributed by atoms with Gasteiger partial charge in [0, 0.05) is 0 Å². The van der Waals surface area contributed by atoms with Gasteiger partial charge in [0.05, 0.1) is 0 Å². The molecule has 0 aliphatic carbocycles. The zero-order valence-corrected chi connectivity index (χ0v) is 20.4. The van der Waals surface area contributed by atoms with Crippen LogP contribution in [0.25, 0.3) is 21.5 Å². The van der Waals surface area contributed by atoms with Crippen molar-refractivity contribution in [3.63, 3.8) is 0 Å². The van der Waals surface area contributed by atoms with Gasteiger partial charge in [0.1, 0.15) is 0 Å². The summed E-state index contributed by atoms with van der Waals surface area (Å²) in [5, 5.41) is 8.77. The molecule has 5 rings (SSSR count). The third-order valence-electron chi connectivity index (χ3n) is 4.75. The summed E-state index contributed by atoms with van der Waals surface area (Å²) < 4.78 is 15.3. The first-order chi connectivity index (χ1) is 14.4. The molecule has 1 heterocycles. The summed E-state index contributed by atoms with van der Waals surface area (Å²) in [6.45, 7) is 0. The summed E-state index contributed by atoms with van der Waals surface area (Å²) in [6, 6.07) is 31.1. The first-order valence-corrected chi connectivity index (χ1v) is 12.5. The van der Waals surface area contributed by atoms with Crippen molar-refractivity contribution in [1.82, 2.24) is 0 Å². The Hall–Kier alpha value is -2.14. The monoisotopic (exact) mass is 502 g/mol. The molecule has 2 nitrogen and oxygen atoms in total. The van der Waals surface area contributed by atoms with E-state index >= 15 is 0 Å². The quantitative estimate of drug-likeness (QED) is 0.230. The minimum atomic E-state index is -2.54. The van der Waals surface area contributed by atoms with Crippen LogP contribution >= 0.6 is 36.2 Å². The number of rotatable bonds is 5. The molecule has 0 bridgehead atoms. The number of fused-ring (bicyclic) bond motifs is 2. The molecule has 0 spiro atoms. The van der Waals surface area contributed by atoms with Crippen LogP contribution < -0.4 is 6.64 Å². The van der Waals surface area contributed by atoms with Crippen LogP contribution in [0.1, 0.15) is 5.56 Å². The molecule has 0 saturated heterocycles. The van der Waals surface area contributed by atoms with Gasteiger partial charge in [-0.25, -0.2) is 0 Å². The van der Waals surface area contributed by atoms with E-state index in [0.717, 1.165) is 27.8 Å². The standard InChI is InChI=1S/2C10H8O.C5H4S.2ClH.Ti/c2*11-10-7-3-5-8-4-1-2-6-9(8)10;1-5-2-3-6-4-5;;;/h2*1-7,11H;1-4H;2*1H;/q;;;;;+2/p-2. The van der Waals surface area contributed by atoms with Crippen molar-refractivity contribution in [3.8, 4) is 11.5 Å². The molecule has 0 atom stereocenters. The summed E-state index contributed by atoms with van der Waals surface area (Å²) in [6.07, 6.45) is 0. The number of hydrogen-bond acceptors (Lipinski definition) is 3. The molecular weight excluding hydrogens is 483 g/mol. The second-order valence-electron chi connectivity index (χ2n) is 6.68. The molecule has 0 radical (unpaired) electrons. The van der Waals surface area contributed by atoms with Crippen LogP contribution in [0.15, 0.2) is 102 Å². The molecule has 0 saturated carbocycles. The van der Waals surface area contributed by atoms with Gasteiger partial charge in [-0.1, -0.05) is 0 Å². The summed E-state index contributed by atoms with van der Waals surface area (Å²) in [5.74, 6) is 1.76. The van der Waals surface area contributed by atoms with Crippen molar-refractivity contribution in [2.24, 2.45) is 0 Å². The zero-order chi connectivity index (χ0) is 19.5. The SMILES string of the molecule is Cl.Cl.[CH](c1ccsc1)=[Ti]([O]c1cccc2ccccc12)[O]c1cccc2ccccc12. The Kier molecular flexibility index (Phi) is 8.31. The molecule has 0 aliphatic heterocycles. The predicted molar refractivity (Wildman–Crippen MR) is 133 cm³/mol. The van der Waals surface area contributed by atoms with E-state index < -0.39 is 18.2 Å². The molecule has 31 heavy (non-hydrogen) atoms. The Bertz CT molecular complexity index is 1230. The van der Waals surface area contributed by atoms with Crippen molar-refractivity contribution in [1.29, 1.82) is 0 Å². The number of halogens is 2. The van der Waals surface area contributed by atoms with Crippen LogP contribution in [0.2, 0.25) is 0 Å². The van der Waals surface area contributed by atoms with Gasteiger partial charge >= 0.3 is 181 Å². The third-order valence-corrected chi connectivity index (χ3v) is 7.65. The van der Waals surface area contributed by atoms with Crippen LogP contribution in [0, 0.1) is 0 Å². The van der Waals surface area contributed by atoms with Crippen molar-refractivity contribution in [2.45, 2.75) is 0 Å². The Labute approximate surface area is 204 Å². The van der Waals surface area contributed by atoms with E-state index in [1.165, 1.54) is 10.8 Å². The molecule has 5 aromatic rings. The van der Waals surface area contributed by atoms with E-state index in [-0.39, 0.29) is 24.8 Å². The number of hydrogen-bond donors (Lipinski definition) is 0. The Morgan fingerprint density at radius 2 is 1.13 bits per heavy atom. The fourth-order valence-electron chi connectivity index (χ4n) is 3.36. The van der Waals surface area contributed by atoms with Crippen LogP contribution in [0.3, 0.4) is 0 Å². The third kappa shape index (κ3) is 5.38. The maximum atomic E-state index is 6.55. The molecule has 6 heteroatoms. The van der Waals surface area contributed by atoms with E-state index in [1.54, 1.807) is 11.3 Å². The van der Waals surface area contributed by atoms with Crippen molar-refractivity contribution < 1.29 is 24.8 Å². The molecule has 0 amide bonds. The molecule has 0 aliphatic rings. The Balaban J connectivity index is 0.00000136. The van der Waals surface area contributed by atoms with Gasteiger partial charge in [-0.2, -0.15) is 0 Å². The number of benzene rings is 4. The van der Waals surface area contributed by atoms with E-state index in [2.05, 4.69) is 57.5 Å². The summed E-state index contributed by atoms with van der Waals surface area (Å²) >= 11 is -0.861. The van der Waals surface area contributed by atoms with Crippen LogP contribution in [-0.4, -0.2) is 4.31 Å². The first-order valence-electron chi connectivity index (χ1n) is 9.42. The van der Waals surface area contributed by atoms with Gasteiger partial charge in [-0.3, -0.25) is 0 Å². The molecule has 0 unspecified atom stereocenters. The fraction of sp³-hybridized carbons (Fsp3) is 0. The molecular formula is C25H20Cl2O2STi. The molecule has 1 aromatic heterocycles. The van der Waals surface area contributed by atoms with Crippen LogP contribution in [0.5, 0.6) is 11.5 Å². The van der Waals surface area contributed by atoms with Crippen molar-refractivity contribution in [3.05, 3.63) is 107 Å². The molecule has 156 valence electrons. The van der Waals surface area contributed by atoms with E-state index in [9.17, 15) is 0 Å². The fourth-order valence-corrected chi connectivity index (χ4v) is 6.35. The van der Waals surface area contributed by atoms with Crippen molar-refractivity contribution >= 4 is 62.0 Å². The maximum absolute atomic E-state index is 6.55. The zero-order valence-electron chi connectivity index (χ0n) is 16.4. The van der Waals surface area contributed by atoms with E-state index in [1.807, 2.05) is 48.5 Å². The summed E-state index contributed by atoms with van der Waals surface area (Å²) in [5.41, 5.74) is 1.16. The first kappa shape index (κ1) is 23.5. The van der Waals surface area contributed by atoms with Gasteiger partial charge < -0.3 is 0 Å². The normalized spacial score (nSPS) is 10.1. The van der Waals surface area contributed by atoms with E-state index in [4.69, 9.17) is 6.64 Å². The second kappa shape index (κ2) is 10.9. The predicted octanol–water partition coefficient (Wildman–Crippen LogP) is 7.65. The van der Waals surface area contributed by atoms with Gasteiger partial charge in [0.15, 0.2) is 0 Å². The average Bonchev–Trinajstić information content (AvgIpc) is 3.27. The Morgan fingerprint density at radius 1 is 0.613 bits per heavy atom. The summed E-state index contributed by atoms with van der Waals surface area (Å²) in [7, 11) is 0. The topological polar surface area (TPSA) is 18.5 Å². The number of thiophene rings is 1. The second-order valence-corrected chi connectivity index (χ2v) is 9.54. The minimum absolute atomic E-state index is 0. The van der Waals surface area contributed by atoms with Gasteiger partial charge in [-0.05, 0) is 0 Å². The van der Waals surface area contributed by atoms with Gasteiger partial charge in [0.25, 0.3) is 0 Å². The molecule has 4 aromatic carbocycles. The Morgan fingerprint density at radius 3 is 1.65 bits per heavy atom. The van der Waals surface area contributed by atoms with E-state index in [0.29, 0.717) is 0 Å². The summed E-state index contributed by atoms with van der Waals surface area (Å²) in [4.78, 5) is 0.